The fraction of sp³-hybridized carbons (Fsp3) is 0.625. The Kier molecular flexibility index (Phi) is 6.55. The zero-order valence-electron chi connectivity index (χ0n) is 14.0. The lowest BCUT2D eigenvalue weighted by atomic mass is 10.1. The van der Waals surface area contributed by atoms with Crippen LogP contribution in [0.15, 0.2) is 24.3 Å². The van der Waals surface area contributed by atoms with Gasteiger partial charge < -0.3 is 9.47 Å². The minimum atomic E-state index is -3.49. The Morgan fingerprint density at radius 3 is 2.30 bits per heavy atom. The van der Waals surface area contributed by atoms with Crippen molar-refractivity contribution < 1.29 is 17.9 Å². The molecule has 0 amide bonds. The summed E-state index contributed by atoms with van der Waals surface area (Å²) in [6.45, 7) is 8.02. The zero-order chi connectivity index (χ0) is 16.9. The van der Waals surface area contributed by atoms with E-state index in [0.29, 0.717) is 26.3 Å². The van der Waals surface area contributed by atoms with Crippen molar-refractivity contribution in [2.45, 2.75) is 46.1 Å². The van der Waals surface area contributed by atoms with Gasteiger partial charge in [0.15, 0.2) is 0 Å². The van der Waals surface area contributed by atoms with E-state index in [9.17, 15) is 8.42 Å². The van der Waals surface area contributed by atoms with Gasteiger partial charge in [0.05, 0.1) is 18.8 Å². The van der Waals surface area contributed by atoms with E-state index >= 15 is 0 Å². The highest BCUT2D eigenvalue weighted by Crippen LogP contribution is 2.14. The molecule has 1 fully saturated rings. The highest BCUT2D eigenvalue weighted by molar-refractivity contribution is 7.87. The first kappa shape index (κ1) is 18.4. The standard InChI is InChI=1S/C16H26N2O4S/c1-4-21-12-16-7-5-15(6-8-16)9-17-23(19,20)18-10-13(2)22-14(3)11-18/h5-8,13-14,17H,4,9-12H2,1-3H3. The molecule has 6 nitrogen and oxygen atoms in total. The first-order chi connectivity index (χ1) is 10.9. The Balaban J connectivity index is 1.91. The van der Waals surface area contributed by atoms with Gasteiger partial charge in [-0.3, -0.25) is 0 Å². The molecule has 1 aromatic carbocycles. The van der Waals surface area contributed by atoms with E-state index in [0.717, 1.165) is 11.1 Å². The largest absolute Gasteiger partial charge is 0.377 e. The molecule has 1 N–H and O–H groups in total. The molecule has 0 spiro atoms. The smallest absolute Gasteiger partial charge is 0.279 e. The van der Waals surface area contributed by atoms with E-state index in [2.05, 4.69) is 4.72 Å². The van der Waals surface area contributed by atoms with E-state index in [1.165, 1.54) is 4.31 Å². The van der Waals surface area contributed by atoms with Crippen LogP contribution in [0.4, 0.5) is 0 Å². The van der Waals surface area contributed by atoms with Gasteiger partial charge in [-0.25, -0.2) is 0 Å². The summed E-state index contributed by atoms with van der Waals surface area (Å²) in [5.74, 6) is 0. The Hall–Kier alpha value is -0.990. The molecule has 130 valence electrons. The zero-order valence-corrected chi connectivity index (χ0v) is 14.8. The first-order valence-corrected chi connectivity index (χ1v) is 9.40. The maximum absolute atomic E-state index is 12.4. The number of morpholine rings is 1. The van der Waals surface area contributed by atoms with Crippen LogP contribution in [-0.2, 0) is 32.8 Å². The monoisotopic (exact) mass is 342 g/mol. The SMILES string of the molecule is CCOCc1ccc(CNS(=O)(=O)N2CC(C)OC(C)C2)cc1. The summed E-state index contributed by atoms with van der Waals surface area (Å²) in [6, 6.07) is 7.75. The van der Waals surface area contributed by atoms with Crippen LogP contribution in [0.5, 0.6) is 0 Å². The lowest BCUT2D eigenvalue weighted by molar-refractivity contribution is -0.0444. The third kappa shape index (κ3) is 5.54. The summed E-state index contributed by atoms with van der Waals surface area (Å²) in [5.41, 5.74) is 2.00. The summed E-state index contributed by atoms with van der Waals surface area (Å²) in [5, 5.41) is 0. The van der Waals surface area contributed by atoms with Gasteiger partial charge in [0.25, 0.3) is 10.2 Å². The van der Waals surface area contributed by atoms with Crippen LogP contribution in [0.25, 0.3) is 0 Å². The second kappa shape index (κ2) is 8.21. The topological polar surface area (TPSA) is 67.9 Å². The van der Waals surface area contributed by atoms with Crippen LogP contribution in [0.2, 0.25) is 0 Å². The Bertz CT molecular complexity index is 579. The van der Waals surface area contributed by atoms with Gasteiger partial charge in [-0.2, -0.15) is 17.4 Å². The number of nitrogens with one attached hydrogen (secondary N) is 1. The highest BCUT2D eigenvalue weighted by Gasteiger charge is 2.30. The molecular formula is C16H26N2O4S. The van der Waals surface area contributed by atoms with Crippen LogP contribution in [0, 0.1) is 0 Å². The van der Waals surface area contributed by atoms with Gasteiger partial charge in [0.2, 0.25) is 0 Å². The van der Waals surface area contributed by atoms with Gasteiger partial charge in [0.1, 0.15) is 0 Å². The number of nitrogens with zero attached hydrogens (tertiary/aromatic N) is 1. The molecule has 0 bridgehead atoms. The van der Waals surface area contributed by atoms with Crippen molar-refractivity contribution in [3.8, 4) is 0 Å². The molecule has 2 rings (SSSR count). The Morgan fingerprint density at radius 1 is 1.17 bits per heavy atom. The summed E-state index contributed by atoms with van der Waals surface area (Å²) in [7, 11) is -3.49. The number of hydrogen-bond acceptors (Lipinski definition) is 4. The number of ether oxygens (including phenoxy) is 2. The van der Waals surface area contributed by atoms with Crippen molar-refractivity contribution in [2.75, 3.05) is 19.7 Å². The molecule has 1 aliphatic rings. The maximum atomic E-state index is 12.4. The lowest BCUT2D eigenvalue weighted by Gasteiger charge is -2.34. The summed E-state index contributed by atoms with van der Waals surface area (Å²) < 4.78 is 39.8. The Labute approximate surface area is 139 Å². The van der Waals surface area contributed by atoms with Crippen molar-refractivity contribution in [3.63, 3.8) is 0 Å². The van der Waals surface area contributed by atoms with Crippen LogP contribution in [-0.4, -0.2) is 44.6 Å². The first-order valence-electron chi connectivity index (χ1n) is 7.96. The van der Waals surface area contributed by atoms with E-state index in [1.807, 2.05) is 45.0 Å². The van der Waals surface area contributed by atoms with Gasteiger partial charge in [-0.1, -0.05) is 24.3 Å². The fourth-order valence-corrected chi connectivity index (χ4v) is 3.91. The summed E-state index contributed by atoms with van der Waals surface area (Å²) >= 11 is 0. The molecule has 1 heterocycles. The van der Waals surface area contributed by atoms with E-state index in [4.69, 9.17) is 9.47 Å². The third-order valence-electron chi connectivity index (χ3n) is 3.68. The molecule has 7 heteroatoms. The molecule has 0 radical (unpaired) electrons. The quantitative estimate of drug-likeness (QED) is 0.818. The minimum absolute atomic E-state index is 0.0897. The van der Waals surface area contributed by atoms with E-state index in [-0.39, 0.29) is 18.8 Å². The summed E-state index contributed by atoms with van der Waals surface area (Å²) in [4.78, 5) is 0. The number of rotatable bonds is 7. The van der Waals surface area contributed by atoms with Gasteiger partial charge in [-0.15, -0.1) is 0 Å². The minimum Gasteiger partial charge on any atom is -0.377 e. The summed E-state index contributed by atoms with van der Waals surface area (Å²) in [6.07, 6.45) is -0.179. The van der Waals surface area contributed by atoms with Gasteiger partial charge in [-0.05, 0) is 31.9 Å². The second-order valence-electron chi connectivity index (χ2n) is 5.85. The molecule has 0 saturated carbocycles. The van der Waals surface area contributed by atoms with Crippen LogP contribution < -0.4 is 4.72 Å². The predicted octanol–water partition coefficient (Wildman–Crippen LogP) is 1.67. The van der Waals surface area contributed by atoms with Crippen molar-refractivity contribution in [3.05, 3.63) is 35.4 Å². The molecule has 0 aromatic heterocycles. The molecule has 0 aliphatic carbocycles. The predicted molar refractivity (Wildman–Crippen MR) is 89.1 cm³/mol. The number of hydrogen-bond donors (Lipinski definition) is 1. The average Bonchev–Trinajstić information content (AvgIpc) is 2.51. The van der Waals surface area contributed by atoms with E-state index < -0.39 is 10.2 Å². The second-order valence-corrected chi connectivity index (χ2v) is 7.61. The molecule has 2 atom stereocenters. The molecule has 2 unspecified atom stereocenters. The maximum Gasteiger partial charge on any atom is 0.279 e. The van der Waals surface area contributed by atoms with Crippen molar-refractivity contribution >= 4 is 10.2 Å². The molecule has 1 saturated heterocycles. The van der Waals surface area contributed by atoms with E-state index in [1.54, 1.807) is 0 Å². The normalized spacial score (nSPS) is 23.1. The molecular weight excluding hydrogens is 316 g/mol. The molecule has 1 aliphatic heterocycles. The third-order valence-corrected chi connectivity index (χ3v) is 5.17. The van der Waals surface area contributed by atoms with Crippen molar-refractivity contribution in [1.29, 1.82) is 0 Å². The van der Waals surface area contributed by atoms with Crippen LogP contribution in [0.3, 0.4) is 0 Å². The van der Waals surface area contributed by atoms with Crippen LogP contribution >= 0.6 is 0 Å². The van der Waals surface area contributed by atoms with Gasteiger partial charge >= 0.3 is 0 Å². The fourth-order valence-electron chi connectivity index (χ4n) is 2.57. The van der Waals surface area contributed by atoms with Gasteiger partial charge in [0, 0.05) is 26.2 Å². The molecule has 23 heavy (non-hydrogen) atoms. The molecule has 1 aromatic rings. The number of benzene rings is 1. The highest BCUT2D eigenvalue weighted by atomic mass is 32.2. The van der Waals surface area contributed by atoms with Crippen molar-refractivity contribution in [2.24, 2.45) is 0 Å². The average molecular weight is 342 g/mol. The lowest BCUT2D eigenvalue weighted by Crippen LogP contribution is -2.51. The van der Waals surface area contributed by atoms with Crippen molar-refractivity contribution in [1.82, 2.24) is 9.03 Å². The Morgan fingerprint density at radius 2 is 1.74 bits per heavy atom. The van der Waals surface area contributed by atoms with Crippen LogP contribution in [0.1, 0.15) is 31.9 Å².